The summed E-state index contributed by atoms with van der Waals surface area (Å²) < 4.78 is 15.8. The van der Waals surface area contributed by atoms with Crippen LogP contribution < -0.4 is 15.2 Å². The summed E-state index contributed by atoms with van der Waals surface area (Å²) in [5.74, 6) is 3.04. The van der Waals surface area contributed by atoms with Crippen LogP contribution in [0, 0.1) is 0 Å². The van der Waals surface area contributed by atoms with Crippen molar-refractivity contribution in [2.75, 3.05) is 20.0 Å². The van der Waals surface area contributed by atoms with E-state index in [1.54, 1.807) is 26.0 Å². The predicted molar refractivity (Wildman–Crippen MR) is 86.5 cm³/mol. The normalized spacial score (nSPS) is 12.2. The minimum atomic E-state index is -0.0937. The van der Waals surface area contributed by atoms with Gasteiger partial charge in [0.25, 0.3) is 0 Å². The Morgan fingerprint density at radius 3 is 2.67 bits per heavy atom. The van der Waals surface area contributed by atoms with Crippen LogP contribution in [0.5, 0.6) is 11.5 Å². The smallest absolute Gasteiger partial charge is 0.170 e. The molecular weight excluding hydrogens is 306 g/mol. The average molecular weight is 325 g/mol. The maximum Gasteiger partial charge on any atom is 0.170 e. The Hall–Kier alpha value is -1.31. The first-order chi connectivity index (χ1) is 10.2. The van der Waals surface area contributed by atoms with Gasteiger partial charge in [-0.3, -0.25) is 0 Å². The number of ether oxygens (including phenoxy) is 2. The molecule has 21 heavy (non-hydrogen) atoms. The first-order valence-corrected chi connectivity index (χ1v) is 8.36. The van der Waals surface area contributed by atoms with Gasteiger partial charge in [-0.2, -0.15) is 4.37 Å². The SMILES string of the molecule is CCc1nsc(SCC(N)c2ccc(OC)c(OC)c2)n1. The first-order valence-electron chi connectivity index (χ1n) is 6.60. The lowest BCUT2D eigenvalue weighted by atomic mass is 10.1. The largest absolute Gasteiger partial charge is 0.493 e. The van der Waals surface area contributed by atoms with Crippen molar-refractivity contribution in [2.45, 2.75) is 23.7 Å². The van der Waals surface area contributed by atoms with Crippen molar-refractivity contribution in [2.24, 2.45) is 5.73 Å². The van der Waals surface area contributed by atoms with Crippen molar-refractivity contribution < 1.29 is 9.47 Å². The third kappa shape index (κ3) is 4.09. The number of hydrogen-bond donors (Lipinski definition) is 1. The Balaban J connectivity index is 2.01. The lowest BCUT2D eigenvalue weighted by molar-refractivity contribution is 0.354. The molecule has 0 amide bonds. The van der Waals surface area contributed by atoms with Crippen molar-refractivity contribution >= 4 is 23.3 Å². The van der Waals surface area contributed by atoms with E-state index in [2.05, 4.69) is 9.36 Å². The van der Waals surface area contributed by atoms with E-state index < -0.39 is 0 Å². The van der Waals surface area contributed by atoms with Gasteiger partial charge in [0.2, 0.25) is 0 Å². The van der Waals surface area contributed by atoms with Crippen LogP contribution in [0.3, 0.4) is 0 Å². The van der Waals surface area contributed by atoms with Gasteiger partial charge in [-0.05, 0) is 29.2 Å². The van der Waals surface area contributed by atoms with Crippen LogP contribution >= 0.6 is 23.3 Å². The lowest BCUT2D eigenvalue weighted by Crippen LogP contribution is -2.13. The summed E-state index contributed by atoms with van der Waals surface area (Å²) in [6.45, 7) is 2.05. The zero-order valence-electron chi connectivity index (χ0n) is 12.3. The van der Waals surface area contributed by atoms with Gasteiger partial charge in [0.1, 0.15) is 5.82 Å². The van der Waals surface area contributed by atoms with Crippen molar-refractivity contribution in [3.05, 3.63) is 29.6 Å². The highest BCUT2D eigenvalue weighted by atomic mass is 32.2. The van der Waals surface area contributed by atoms with Gasteiger partial charge in [0.15, 0.2) is 15.8 Å². The van der Waals surface area contributed by atoms with Crippen LogP contribution in [0.2, 0.25) is 0 Å². The molecule has 0 saturated heterocycles. The third-order valence-electron chi connectivity index (χ3n) is 2.99. The number of aromatic nitrogens is 2. The number of aryl methyl sites for hydroxylation is 1. The number of rotatable bonds is 7. The number of benzene rings is 1. The summed E-state index contributed by atoms with van der Waals surface area (Å²) in [4.78, 5) is 4.43. The first kappa shape index (κ1) is 16.1. The highest BCUT2D eigenvalue weighted by Gasteiger charge is 2.12. The van der Waals surface area contributed by atoms with E-state index in [-0.39, 0.29) is 6.04 Å². The van der Waals surface area contributed by atoms with Crippen molar-refractivity contribution in [1.29, 1.82) is 0 Å². The van der Waals surface area contributed by atoms with Crippen molar-refractivity contribution in [3.63, 3.8) is 0 Å². The van der Waals surface area contributed by atoms with E-state index in [1.165, 1.54) is 11.5 Å². The highest BCUT2D eigenvalue weighted by molar-refractivity contribution is 8.00. The Kier molecular flexibility index (Phi) is 5.84. The maximum atomic E-state index is 6.24. The second-order valence-electron chi connectivity index (χ2n) is 4.36. The molecule has 114 valence electrons. The van der Waals surface area contributed by atoms with E-state index in [0.717, 1.165) is 27.9 Å². The standard InChI is InChI=1S/C14H19N3O2S2/c1-4-13-16-14(21-17-13)20-8-10(15)9-5-6-11(18-2)12(7-9)19-3/h5-7,10H,4,8,15H2,1-3H3. The van der Waals surface area contributed by atoms with E-state index in [1.807, 2.05) is 25.1 Å². The quantitative estimate of drug-likeness (QED) is 0.789. The highest BCUT2D eigenvalue weighted by Crippen LogP contribution is 2.31. The van der Waals surface area contributed by atoms with Crippen LogP contribution in [-0.4, -0.2) is 29.3 Å². The van der Waals surface area contributed by atoms with E-state index in [9.17, 15) is 0 Å². The Morgan fingerprint density at radius 1 is 1.29 bits per heavy atom. The fourth-order valence-electron chi connectivity index (χ4n) is 1.78. The average Bonchev–Trinajstić information content (AvgIpc) is 2.99. The summed E-state index contributed by atoms with van der Waals surface area (Å²) in [6.07, 6.45) is 0.860. The van der Waals surface area contributed by atoms with Gasteiger partial charge in [0.05, 0.1) is 14.2 Å². The molecule has 2 rings (SSSR count). The van der Waals surface area contributed by atoms with Crippen LogP contribution in [0.1, 0.15) is 24.4 Å². The number of thioether (sulfide) groups is 1. The zero-order chi connectivity index (χ0) is 15.2. The Labute approximate surface area is 133 Å². The Bertz CT molecular complexity index is 589. The third-order valence-corrected chi connectivity index (χ3v) is 4.98. The molecule has 1 aromatic carbocycles. The van der Waals surface area contributed by atoms with E-state index in [0.29, 0.717) is 11.5 Å². The molecule has 0 spiro atoms. The number of methoxy groups -OCH3 is 2. The van der Waals surface area contributed by atoms with Crippen molar-refractivity contribution in [1.82, 2.24) is 9.36 Å². The van der Waals surface area contributed by atoms with Crippen LogP contribution in [-0.2, 0) is 6.42 Å². The molecule has 0 fully saturated rings. The molecule has 2 N–H and O–H groups in total. The van der Waals surface area contributed by atoms with Gasteiger partial charge in [0, 0.05) is 18.2 Å². The number of nitrogens with zero attached hydrogens (tertiary/aromatic N) is 2. The summed E-state index contributed by atoms with van der Waals surface area (Å²) in [6, 6.07) is 5.66. The fraction of sp³-hybridized carbons (Fsp3) is 0.429. The number of nitrogens with two attached hydrogens (primary N) is 1. The second-order valence-corrected chi connectivity index (χ2v) is 6.38. The molecule has 0 bridgehead atoms. The second kappa shape index (κ2) is 7.63. The molecule has 0 radical (unpaired) electrons. The summed E-state index contributed by atoms with van der Waals surface area (Å²) >= 11 is 3.06. The molecule has 1 atom stereocenters. The molecule has 2 aromatic rings. The molecule has 0 aliphatic heterocycles. The fourth-order valence-corrected chi connectivity index (χ4v) is 3.49. The minimum Gasteiger partial charge on any atom is -0.493 e. The minimum absolute atomic E-state index is 0.0937. The zero-order valence-corrected chi connectivity index (χ0v) is 14.0. The van der Waals surface area contributed by atoms with Crippen LogP contribution in [0.15, 0.2) is 22.5 Å². The molecular formula is C14H19N3O2S2. The number of hydrogen-bond acceptors (Lipinski definition) is 7. The molecule has 1 aromatic heterocycles. The van der Waals surface area contributed by atoms with Gasteiger partial charge in [-0.1, -0.05) is 24.8 Å². The molecule has 0 aliphatic carbocycles. The lowest BCUT2D eigenvalue weighted by Gasteiger charge is -2.14. The van der Waals surface area contributed by atoms with Gasteiger partial charge in [-0.25, -0.2) is 4.98 Å². The molecule has 1 heterocycles. The maximum absolute atomic E-state index is 6.24. The van der Waals surface area contributed by atoms with Crippen LogP contribution in [0.25, 0.3) is 0 Å². The monoisotopic (exact) mass is 325 g/mol. The molecule has 1 unspecified atom stereocenters. The summed E-state index contributed by atoms with van der Waals surface area (Å²) in [7, 11) is 3.24. The van der Waals surface area contributed by atoms with Gasteiger partial charge in [-0.15, -0.1) is 0 Å². The molecule has 7 heteroatoms. The van der Waals surface area contributed by atoms with Gasteiger partial charge >= 0.3 is 0 Å². The van der Waals surface area contributed by atoms with E-state index in [4.69, 9.17) is 15.2 Å². The summed E-state index contributed by atoms with van der Waals surface area (Å²) in [5.41, 5.74) is 7.25. The molecule has 0 saturated carbocycles. The van der Waals surface area contributed by atoms with Gasteiger partial charge < -0.3 is 15.2 Å². The molecule has 5 nitrogen and oxygen atoms in total. The molecule has 0 aliphatic rings. The topological polar surface area (TPSA) is 70.3 Å². The summed E-state index contributed by atoms with van der Waals surface area (Å²) in [5, 5.41) is 0. The Morgan fingerprint density at radius 2 is 2.05 bits per heavy atom. The predicted octanol–water partition coefficient (Wildman–Crippen LogP) is 2.91. The van der Waals surface area contributed by atoms with Crippen molar-refractivity contribution in [3.8, 4) is 11.5 Å². The van der Waals surface area contributed by atoms with E-state index >= 15 is 0 Å². The van der Waals surface area contributed by atoms with Crippen LogP contribution in [0.4, 0.5) is 0 Å².